The Kier molecular flexibility index (Phi) is 9.56. The number of hydrogen-bond acceptors (Lipinski definition) is 6. The molecule has 1 aliphatic carbocycles. The summed E-state index contributed by atoms with van der Waals surface area (Å²) in [6.45, 7) is 0. The second-order valence-electron chi connectivity index (χ2n) is 7.76. The Morgan fingerprint density at radius 2 is 1.68 bits per heavy atom. The number of benzene rings is 1. The smallest absolute Gasteiger partial charge is 0.303 e. The number of rotatable bonds is 13. The molecule has 0 aromatic heterocycles. The zero-order valence-electron chi connectivity index (χ0n) is 18.5. The molecule has 0 aliphatic heterocycles. The maximum Gasteiger partial charge on any atom is 0.303 e. The van der Waals surface area contributed by atoms with Gasteiger partial charge in [0.2, 0.25) is 5.75 Å². The van der Waals surface area contributed by atoms with Gasteiger partial charge in [-0.1, -0.05) is 25.3 Å². The molecule has 0 radical (unpaired) electrons. The number of carboxylic acids is 1. The fourth-order valence-electron chi connectivity index (χ4n) is 4.06. The average Bonchev–Trinajstić information content (AvgIpc) is 3.12. The molecule has 1 aliphatic rings. The molecule has 0 heterocycles. The molecule has 7 nitrogen and oxygen atoms in total. The summed E-state index contributed by atoms with van der Waals surface area (Å²) in [5.74, 6) is 0.529. The number of carbonyl (C=O) groups is 3. The summed E-state index contributed by atoms with van der Waals surface area (Å²) in [5, 5.41) is 8.68. The number of Topliss-reactive ketones (excluding diaryl/α,β-unsaturated/α-hetero) is 1. The average molecular weight is 433 g/mol. The predicted molar refractivity (Wildman–Crippen MR) is 116 cm³/mol. The molecular weight excluding hydrogens is 400 g/mol. The van der Waals surface area contributed by atoms with E-state index < -0.39 is 5.97 Å². The number of allylic oxidation sites excluding steroid dienone is 2. The number of carbonyl (C=O) groups excluding carboxylic acids is 2. The van der Waals surface area contributed by atoms with E-state index in [0.717, 1.165) is 32.1 Å². The molecule has 1 saturated carbocycles. The lowest BCUT2D eigenvalue weighted by molar-refractivity contribution is -0.137. The number of hydrogen-bond donors (Lipinski definition) is 1. The molecule has 0 amide bonds. The van der Waals surface area contributed by atoms with Gasteiger partial charge in [0.05, 0.1) is 21.3 Å². The number of ether oxygens (including phenoxy) is 3. The van der Waals surface area contributed by atoms with Crippen LogP contribution in [0.5, 0.6) is 17.2 Å². The summed E-state index contributed by atoms with van der Waals surface area (Å²) < 4.78 is 15.9. The van der Waals surface area contributed by atoms with Crippen LogP contribution in [0.1, 0.15) is 61.7 Å². The van der Waals surface area contributed by atoms with Crippen LogP contribution in [0.2, 0.25) is 0 Å². The van der Waals surface area contributed by atoms with Crippen LogP contribution in [0.25, 0.3) is 0 Å². The first-order valence-corrected chi connectivity index (χ1v) is 10.7. The van der Waals surface area contributed by atoms with E-state index in [2.05, 4.69) is 0 Å². The van der Waals surface area contributed by atoms with Crippen LogP contribution in [0.15, 0.2) is 24.3 Å². The van der Waals surface area contributed by atoms with Crippen molar-refractivity contribution in [2.24, 2.45) is 11.8 Å². The summed E-state index contributed by atoms with van der Waals surface area (Å²) in [4.78, 5) is 35.6. The number of unbranched alkanes of at least 4 members (excludes halogenated alkanes) is 3. The van der Waals surface area contributed by atoms with Crippen LogP contribution >= 0.6 is 0 Å². The highest BCUT2D eigenvalue weighted by atomic mass is 16.5. The molecule has 1 aromatic rings. The molecular formula is C24H32O7. The van der Waals surface area contributed by atoms with Crippen LogP contribution in [0, 0.1) is 11.8 Å². The third kappa shape index (κ3) is 6.84. The van der Waals surface area contributed by atoms with Crippen LogP contribution < -0.4 is 14.2 Å². The fraction of sp³-hybridized carbons (Fsp3) is 0.542. The SMILES string of the molecule is COc1cc(C(=O)C=CC2CCC(=O)C2CCCCCCC(=O)O)cc(OC)c1OC. The molecule has 31 heavy (non-hydrogen) atoms. The normalized spacial score (nSPS) is 18.4. The Morgan fingerprint density at radius 1 is 1.03 bits per heavy atom. The van der Waals surface area contributed by atoms with Crippen molar-refractivity contribution in [3.05, 3.63) is 29.8 Å². The zero-order valence-corrected chi connectivity index (χ0v) is 18.5. The highest BCUT2D eigenvalue weighted by Crippen LogP contribution is 2.38. The number of carboxylic acid groups (broad SMARTS) is 1. The van der Waals surface area contributed by atoms with Crippen molar-refractivity contribution in [3.8, 4) is 17.2 Å². The maximum absolute atomic E-state index is 12.7. The van der Waals surface area contributed by atoms with E-state index in [1.54, 1.807) is 12.1 Å². The van der Waals surface area contributed by atoms with Gasteiger partial charge in [0.15, 0.2) is 17.3 Å². The molecule has 7 heteroatoms. The fourth-order valence-corrected chi connectivity index (χ4v) is 4.06. The Bertz CT molecular complexity index is 787. The number of ketones is 2. The van der Waals surface area contributed by atoms with E-state index in [-0.39, 0.29) is 29.8 Å². The highest BCUT2D eigenvalue weighted by molar-refractivity contribution is 6.05. The van der Waals surface area contributed by atoms with Gasteiger partial charge in [-0.15, -0.1) is 0 Å². The molecule has 1 fully saturated rings. The Balaban J connectivity index is 1.99. The van der Waals surface area contributed by atoms with Crippen molar-refractivity contribution in [2.75, 3.05) is 21.3 Å². The summed E-state index contributed by atoms with van der Waals surface area (Å²) >= 11 is 0. The Labute approximate surface area is 183 Å². The van der Waals surface area contributed by atoms with Crippen molar-refractivity contribution in [3.63, 3.8) is 0 Å². The first-order chi connectivity index (χ1) is 14.9. The first-order valence-electron chi connectivity index (χ1n) is 10.7. The van der Waals surface area contributed by atoms with Crippen LogP contribution in [-0.4, -0.2) is 44.0 Å². The summed E-state index contributed by atoms with van der Waals surface area (Å²) in [6, 6.07) is 3.23. The molecule has 1 aromatic carbocycles. The predicted octanol–water partition coefficient (Wildman–Crippen LogP) is 4.47. The lowest BCUT2D eigenvalue weighted by Crippen LogP contribution is -2.13. The van der Waals surface area contributed by atoms with Gasteiger partial charge < -0.3 is 19.3 Å². The van der Waals surface area contributed by atoms with Gasteiger partial charge in [0.1, 0.15) is 5.78 Å². The van der Waals surface area contributed by atoms with Gasteiger partial charge in [-0.3, -0.25) is 14.4 Å². The number of methoxy groups -OCH3 is 3. The molecule has 0 spiro atoms. The van der Waals surface area contributed by atoms with Crippen molar-refractivity contribution < 1.29 is 33.7 Å². The Morgan fingerprint density at radius 3 is 2.26 bits per heavy atom. The van der Waals surface area contributed by atoms with Gasteiger partial charge in [0, 0.05) is 24.3 Å². The van der Waals surface area contributed by atoms with Gasteiger partial charge in [-0.2, -0.15) is 0 Å². The largest absolute Gasteiger partial charge is 0.493 e. The van der Waals surface area contributed by atoms with Crippen molar-refractivity contribution in [1.29, 1.82) is 0 Å². The summed E-state index contributed by atoms with van der Waals surface area (Å²) in [6.07, 6.45) is 8.97. The van der Waals surface area contributed by atoms with Crippen LogP contribution in [-0.2, 0) is 9.59 Å². The van der Waals surface area contributed by atoms with Crippen LogP contribution in [0.3, 0.4) is 0 Å². The summed E-state index contributed by atoms with van der Waals surface area (Å²) in [5.41, 5.74) is 0.421. The lowest BCUT2D eigenvalue weighted by Gasteiger charge is -2.15. The summed E-state index contributed by atoms with van der Waals surface area (Å²) in [7, 11) is 4.50. The third-order valence-electron chi connectivity index (χ3n) is 5.75. The molecule has 2 atom stereocenters. The minimum absolute atomic E-state index is 0.0532. The molecule has 1 N–H and O–H groups in total. The lowest BCUT2D eigenvalue weighted by atomic mass is 9.89. The minimum atomic E-state index is -0.770. The van der Waals surface area contributed by atoms with E-state index in [0.29, 0.717) is 35.7 Å². The van der Waals surface area contributed by atoms with E-state index in [1.165, 1.54) is 27.4 Å². The topological polar surface area (TPSA) is 99.1 Å². The van der Waals surface area contributed by atoms with Crippen molar-refractivity contribution >= 4 is 17.5 Å². The highest BCUT2D eigenvalue weighted by Gasteiger charge is 2.32. The van der Waals surface area contributed by atoms with Crippen molar-refractivity contribution in [2.45, 2.75) is 51.4 Å². The van der Waals surface area contributed by atoms with Gasteiger partial charge in [0.25, 0.3) is 0 Å². The van der Waals surface area contributed by atoms with E-state index in [9.17, 15) is 14.4 Å². The molecule has 2 rings (SSSR count). The van der Waals surface area contributed by atoms with Crippen LogP contribution in [0.4, 0.5) is 0 Å². The molecule has 170 valence electrons. The first kappa shape index (κ1) is 24.4. The molecule has 0 bridgehead atoms. The standard InChI is InChI=1S/C24H32O7/c1-29-21-14-17(15-22(30-2)24(21)31-3)19(25)12-10-16-11-13-20(26)18(16)8-6-4-5-7-9-23(27)28/h10,12,14-16,18H,4-9,11,13H2,1-3H3,(H,27,28). The zero-order chi connectivity index (χ0) is 22.8. The van der Waals surface area contributed by atoms with E-state index in [4.69, 9.17) is 19.3 Å². The second kappa shape index (κ2) is 12.1. The van der Waals surface area contributed by atoms with Gasteiger partial charge in [-0.25, -0.2) is 0 Å². The monoisotopic (exact) mass is 432 g/mol. The van der Waals surface area contributed by atoms with E-state index >= 15 is 0 Å². The van der Waals surface area contributed by atoms with E-state index in [1.807, 2.05) is 6.08 Å². The van der Waals surface area contributed by atoms with Gasteiger partial charge in [-0.05, 0) is 43.4 Å². The Hall–Kier alpha value is -2.83. The third-order valence-corrected chi connectivity index (χ3v) is 5.75. The van der Waals surface area contributed by atoms with Gasteiger partial charge >= 0.3 is 5.97 Å². The number of aliphatic carboxylic acids is 1. The quantitative estimate of drug-likeness (QED) is 0.279. The maximum atomic E-state index is 12.7. The minimum Gasteiger partial charge on any atom is -0.493 e. The molecule has 0 saturated heterocycles. The second-order valence-corrected chi connectivity index (χ2v) is 7.76. The van der Waals surface area contributed by atoms with Crippen molar-refractivity contribution in [1.82, 2.24) is 0 Å². The molecule has 2 unspecified atom stereocenters.